The molecule has 0 radical (unpaired) electrons. The van der Waals surface area contributed by atoms with Crippen LogP contribution in [0.2, 0.25) is 5.02 Å². The number of anilines is 1. The van der Waals surface area contributed by atoms with Crippen LogP contribution in [0.25, 0.3) is 22.0 Å². The lowest BCUT2D eigenvalue weighted by Crippen LogP contribution is -2.38. The first kappa shape index (κ1) is 50.6. The van der Waals surface area contributed by atoms with Crippen molar-refractivity contribution in [2.24, 2.45) is 0 Å². The number of pyridine rings is 1. The predicted molar refractivity (Wildman–Crippen MR) is 222 cm³/mol. The first-order chi connectivity index (χ1) is 30.0. The van der Waals surface area contributed by atoms with Crippen LogP contribution in [0.4, 0.5) is 49.7 Å². The van der Waals surface area contributed by atoms with Crippen molar-refractivity contribution < 1.29 is 61.9 Å². The number of aromatic nitrogens is 5. The fraction of sp³-hybridized carbons (Fsp3) is 0.375. The smallest absolute Gasteiger partial charge is 0.346 e. The highest BCUT2D eigenvalue weighted by Gasteiger charge is 2.40. The Morgan fingerprint density at radius 2 is 1.52 bits per heavy atom. The molecular weight excluding hydrogens is 946 g/mol. The highest BCUT2D eigenvalue weighted by atomic mass is 35.5. The van der Waals surface area contributed by atoms with E-state index in [4.69, 9.17) is 11.6 Å². The number of halogens is 11. The Bertz CT molecular complexity index is 2740. The van der Waals surface area contributed by atoms with E-state index >= 15 is 0 Å². The maximum atomic E-state index is 14.7. The van der Waals surface area contributed by atoms with Gasteiger partial charge in [-0.05, 0) is 75.2 Å². The topological polar surface area (TPSA) is 144 Å². The minimum absolute atomic E-state index is 0.0542. The van der Waals surface area contributed by atoms with Crippen LogP contribution in [0, 0.1) is 23.5 Å². The Morgan fingerprint density at radius 3 is 2.08 bits per heavy atom. The zero-order valence-electron chi connectivity index (χ0n) is 34.8. The van der Waals surface area contributed by atoms with Crippen molar-refractivity contribution in [1.29, 1.82) is 0 Å². The van der Waals surface area contributed by atoms with Gasteiger partial charge in [-0.1, -0.05) is 23.6 Å². The van der Waals surface area contributed by atoms with Crippen LogP contribution in [-0.2, 0) is 63.0 Å². The maximum Gasteiger partial charge on any atom is 0.435 e. The number of carbonyl (C=O) groups excluding carboxylic acids is 2. The Kier molecular flexibility index (Phi) is 15.0. The second-order valence-electron chi connectivity index (χ2n) is 15.0. The molecule has 0 saturated heterocycles. The summed E-state index contributed by atoms with van der Waals surface area (Å²) < 4.78 is 168. The molecule has 0 spiro atoms. The van der Waals surface area contributed by atoms with Gasteiger partial charge in [-0.15, -0.1) is 0 Å². The summed E-state index contributed by atoms with van der Waals surface area (Å²) >= 11 is 6.63. The number of fused-ring (bicyclic) bond motifs is 1. The number of nitrogens with one attached hydrogen (secondary N) is 2. The van der Waals surface area contributed by atoms with Gasteiger partial charge in [0.1, 0.15) is 51.8 Å². The van der Waals surface area contributed by atoms with Gasteiger partial charge in [-0.3, -0.25) is 23.2 Å². The Morgan fingerprint density at radius 1 is 0.892 bits per heavy atom. The normalized spacial score (nSPS) is 13.9. The molecule has 3 heterocycles. The van der Waals surface area contributed by atoms with Gasteiger partial charge in [0.2, 0.25) is 5.91 Å². The van der Waals surface area contributed by atoms with Crippen LogP contribution in [0.5, 0.6) is 0 Å². The maximum absolute atomic E-state index is 14.7. The van der Waals surface area contributed by atoms with Crippen LogP contribution >= 0.6 is 11.6 Å². The summed E-state index contributed by atoms with van der Waals surface area (Å²) in [4.78, 5) is 31.7. The fourth-order valence-electron chi connectivity index (χ4n) is 6.42. The molecule has 5 aromatic rings. The third kappa shape index (κ3) is 12.1. The summed E-state index contributed by atoms with van der Waals surface area (Å²) in [5.74, 6) is -3.34. The van der Waals surface area contributed by atoms with Gasteiger partial charge >= 0.3 is 12.4 Å². The van der Waals surface area contributed by atoms with Crippen LogP contribution in [0.15, 0.2) is 48.5 Å². The molecule has 3 unspecified atom stereocenters. The Hall–Kier alpha value is -5.38. The lowest BCUT2D eigenvalue weighted by molar-refractivity contribution is -0.142. The van der Waals surface area contributed by atoms with Crippen LogP contribution in [-0.4, -0.2) is 81.8 Å². The molecule has 3 aromatic heterocycles. The number of nitrogens with zero attached hydrogens (tertiary/aromatic N) is 6. The van der Waals surface area contributed by atoms with Crippen molar-refractivity contribution in [1.82, 2.24) is 35.2 Å². The third-order valence-electron chi connectivity index (χ3n) is 9.42. The summed E-state index contributed by atoms with van der Waals surface area (Å²) in [6, 6.07) is 5.62. The average molecular weight is 983 g/mol. The average Bonchev–Trinajstić information content (AvgIpc) is 3.76. The molecule has 5 rings (SSSR count). The Labute approximate surface area is 374 Å². The zero-order chi connectivity index (χ0) is 48.6. The SMILES string of the molecule is CNCC(=O)N(c1nn(CC(F)(F)F)c2c(-c3ccc(C#CC(C)(C)S(C)=O)nc3C(Cc3cc(F)cc(F)c3)NC(=O)Cn3nc(C(F)(F)F)cc3C(C)(F)F)ccc(Cl)c12)S(C)=O. The molecule has 0 aliphatic heterocycles. The minimum Gasteiger partial charge on any atom is -0.346 e. The van der Waals surface area contributed by atoms with Gasteiger partial charge in [-0.25, -0.2) is 22.3 Å². The second kappa shape index (κ2) is 19.2. The first-order valence-corrected chi connectivity index (χ1v) is 22.2. The van der Waals surface area contributed by atoms with Crippen molar-refractivity contribution in [2.45, 2.75) is 69.3 Å². The van der Waals surface area contributed by atoms with Gasteiger partial charge in [-0.2, -0.15) is 45.3 Å². The molecule has 65 heavy (non-hydrogen) atoms. The van der Waals surface area contributed by atoms with E-state index in [1.165, 1.54) is 51.4 Å². The summed E-state index contributed by atoms with van der Waals surface area (Å²) in [5, 5.41) is 11.7. The number of rotatable bonds is 14. The summed E-state index contributed by atoms with van der Waals surface area (Å²) in [6.45, 7) is -0.192. The number of hydrogen-bond donors (Lipinski definition) is 2. The molecule has 0 fully saturated rings. The van der Waals surface area contributed by atoms with Crippen molar-refractivity contribution in [3.8, 4) is 23.0 Å². The molecule has 0 bridgehead atoms. The van der Waals surface area contributed by atoms with E-state index in [0.29, 0.717) is 15.1 Å². The van der Waals surface area contributed by atoms with Crippen LogP contribution in [0.3, 0.4) is 0 Å². The molecule has 0 aliphatic rings. The molecule has 12 nitrogen and oxygen atoms in total. The van der Waals surface area contributed by atoms with Gasteiger partial charge in [0, 0.05) is 47.4 Å². The fourth-order valence-corrected chi connectivity index (χ4v) is 7.58. The van der Waals surface area contributed by atoms with Crippen LogP contribution in [0.1, 0.15) is 55.2 Å². The predicted octanol–water partition coefficient (Wildman–Crippen LogP) is 7.37. The van der Waals surface area contributed by atoms with E-state index in [0.717, 1.165) is 18.4 Å². The molecule has 2 amide bonds. The highest BCUT2D eigenvalue weighted by Crippen LogP contribution is 2.42. The highest BCUT2D eigenvalue weighted by molar-refractivity contribution is 7.86. The quantitative estimate of drug-likeness (QED) is 0.0868. The molecule has 2 aromatic carbocycles. The molecule has 350 valence electrons. The second-order valence-corrected chi connectivity index (χ2v) is 18.5. The standard InChI is InChI=1S/C40H37ClF10N8O4S2/c1-37(2,64(5)62)12-11-24-7-8-25(26-9-10-27(41)33-35(26)58(20-39(46,47)48)56-36(33)59(65(6)63)32(61)18-52-4)34(53-24)28(15-21-13-22(42)16-23(43)14-21)54-31(60)19-57-30(38(3,44)45)17-29(55-57)40(49,50)51/h7-10,13-14,16-17,28,52H,15,18-20H2,1-6H3,(H,54,60). The number of likely N-dealkylation sites (N-methyl/N-ethyl adjacent to an activating group) is 1. The number of amides is 2. The van der Waals surface area contributed by atoms with Gasteiger partial charge < -0.3 is 10.6 Å². The first-order valence-electron chi connectivity index (χ1n) is 18.7. The molecule has 25 heteroatoms. The third-order valence-corrected chi connectivity index (χ3v) is 12.2. The van der Waals surface area contributed by atoms with Crippen molar-refractivity contribution in [3.05, 3.63) is 93.5 Å². The molecule has 0 saturated carbocycles. The van der Waals surface area contributed by atoms with Gasteiger partial charge in [0.15, 0.2) is 11.5 Å². The zero-order valence-corrected chi connectivity index (χ0v) is 37.2. The van der Waals surface area contributed by atoms with E-state index in [9.17, 15) is 61.9 Å². The number of carbonyl (C=O) groups is 2. The van der Waals surface area contributed by atoms with E-state index in [2.05, 4.69) is 37.7 Å². The minimum atomic E-state index is -5.21. The monoisotopic (exact) mass is 982 g/mol. The van der Waals surface area contributed by atoms with Crippen molar-refractivity contribution >= 4 is 61.9 Å². The number of alkyl halides is 8. The van der Waals surface area contributed by atoms with Crippen molar-refractivity contribution in [3.63, 3.8) is 0 Å². The summed E-state index contributed by atoms with van der Waals surface area (Å²) in [5.41, 5.74) is -4.44. The lowest BCUT2D eigenvalue weighted by Gasteiger charge is -2.23. The van der Waals surface area contributed by atoms with Crippen molar-refractivity contribution in [2.75, 3.05) is 30.4 Å². The summed E-state index contributed by atoms with van der Waals surface area (Å²) in [7, 11) is -2.40. The lowest BCUT2D eigenvalue weighted by atomic mass is 9.93. The Balaban J connectivity index is 1.85. The number of benzene rings is 2. The summed E-state index contributed by atoms with van der Waals surface area (Å²) in [6.07, 6.45) is -8.37. The van der Waals surface area contributed by atoms with E-state index in [1.807, 2.05) is 0 Å². The molecule has 0 aliphatic carbocycles. The molecular formula is C40H37ClF10N8O4S2. The van der Waals surface area contributed by atoms with Crippen LogP contribution < -0.4 is 14.9 Å². The van der Waals surface area contributed by atoms with E-state index in [1.54, 1.807) is 0 Å². The van der Waals surface area contributed by atoms with E-state index < -0.39 is 123 Å². The number of hydrogen-bond acceptors (Lipinski definition) is 8. The van der Waals surface area contributed by atoms with Gasteiger partial charge in [0.25, 0.3) is 11.8 Å². The molecule has 2 N–H and O–H groups in total. The molecule has 3 atom stereocenters. The van der Waals surface area contributed by atoms with Gasteiger partial charge in [0.05, 0.1) is 34.2 Å². The largest absolute Gasteiger partial charge is 0.435 e. The van der Waals surface area contributed by atoms with E-state index in [-0.39, 0.29) is 56.2 Å².